The van der Waals surface area contributed by atoms with E-state index in [2.05, 4.69) is 4.98 Å². The first kappa shape index (κ1) is 18.6. The third-order valence-electron chi connectivity index (χ3n) is 4.60. The second-order valence-electron chi connectivity index (χ2n) is 6.33. The molecular formula is C21H22N2O4. The Kier molecular flexibility index (Phi) is 5.54. The molecule has 0 saturated carbocycles. The molecule has 1 atom stereocenters. The average Bonchev–Trinajstić information content (AvgIpc) is 2.97. The molecule has 1 amide bonds. The van der Waals surface area contributed by atoms with Gasteiger partial charge in [-0.05, 0) is 30.7 Å². The van der Waals surface area contributed by atoms with Gasteiger partial charge in [-0.25, -0.2) is 0 Å². The van der Waals surface area contributed by atoms with E-state index in [1.165, 1.54) is 12.0 Å². The first-order valence-corrected chi connectivity index (χ1v) is 8.92. The molecule has 0 radical (unpaired) electrons. The quantitative estimate of drug-likeness (QED) is 0.482. The zero-order chi connectivity index (χ0) is 19.4. The second-order valence-corrected chi connectivity index (χ2v) is 6.33. The molecule has 140 valence electrons. The van der Waals surface area contributed by atoms with E-state index in [0.717, 1.165) is 12.8 Å². The number of aliphatic hydroxyl groups excluding tert-OH is 1. The summed E-state index contributed by atoms with van der Waals surface area (Å²) in [6, 6.07) is 11.4. The summed E-state index contributed by atoms with van der Waals surface area (Å²) in [7, 11) is 1.52. The average molecular weight is 366 g/mol. The maximum Gasteiger partial charge on any atom is 0.295 e. The Labute approximate surface area is 158 Å². The minimum absolute atomic E-state index is 0.0584. The Bertz CT molecular complexity index is 877. The van der Waals surface area contributed by atoms with Crippen LogP contribution in [0.3, 0.4) is 0 Å². The fourth-order valence-electron chi connectivity index (χ4n) is 3.21. The number of ketones is 1. The van der Waals surface area contributed by atoms with Gasteiger partial charge in [0.15, 0.2) is 0 Å². The topological polar surface area (TPSA) is 79.7 Å². The summed E-state index contributed by atoms with van der Waals surface area (Å²) in [5.74, 6) is -0.971. The van der Waals surface area contributed by atoms with Crippen molar-refractivity contribution in [1.82, 2.24) is 9.88 Å². The lowest BCUT2D eigenvalue weighted by atomic mass is 9.98. The molecule has 6 nitrogen and oxygen atoms in total. The van der Waals surface area contributed by atoms with Gasteiger partial charge in [-0.3, -0.25) is 14.6 Å². The van der Waals surface area contributed by atoms with Crippen molar-refractivity contribution in [2.24, 2.45) is 0 Å². The Hall–Kier alpha value is -3.15. The molecule has 3 rings (SSSR count). The van der Waals surface area contributed by atoms with E-state index in [1.807, 2.05) is 6.92 Å². The SMILES string of the molecule is CCCCN1C(=O)C(=O)/C(=C(\O)c2cccc(OC)c2)C1c1ccccn1. The zero-order valence-corrected chi connectivity index (χ0v) is 15.4. The van der Waals surface area contributed by atoms with Gasteiger partial charge in [0.25, 0.3) is 11.7 Å². The van der Waals surface area contributed by atoms with E-state index in [-0.39, 0.29) is 11.3 Å². The van der Waals surface area contributed by atoms with Crippen molar-refractivity contribution in [2.75, 3.05) is 13.7 Å². The van der Waals surface area contributed by atoms with E-state index < -0.39 is 17.7 Å². The lowest BCUT2D eigenvalue weighted by Crippen LogP contribution is -2.31. The number of pyridine rings is 1. The third-order valence-corrected chi connectivity index (χ3v) is 4.60. The highest BCUT2D eigenvalue weighted by atomic mass is 16.5. The van der Waals surface area contributed by atoms with Gasteiger partial charge in [0.05, 0.1) is 18.4 Å². The molecule has 0 bridgehead atoms. The summed E-state index contributed by atoms with van der Waals surface area (Å²) in [6.45, 7) is 2.44. The van der Waals surface area contributed by atoms with Crippen molar-refractivity contribution in [2.45, 2.75) is 25.8 Å². The van der Waals surface area contributed by atoms with Gasteiger partial charge in [-0.2, -0.15) is 0 Å². The number of methoxy groups -OCH3 is 1. The molecule has 2 aromatic rings. The van der Waals surface area contributed by atoms with Crippen LogP contribution >= 0.6 is 0 Å². The van der Waals surface area contributed by atoms with Gasteiger partial charge in [0.1, 0.15) is 17.6 Å². The van der Waals surface area contributed by atoms with Crippen molar-refractivity contribution >= 4 is 17.4 Å². The second kappa shape index (κ2) is 8.03. The number of ether oxygens (including phenoxy) is 1. The van der Waals surface area contributed by atoms with Gasteiger partial charge in [0, 0.05) is 18.3 Å². The first-order chi connectivity index (χ1) is 13.1. The summed E-state index contributed by atoms with van der Waals surface area (Å²) < 4.78 is 5.19. The number of carbonyl (C=O) groups is 2. The van der Waals surface area contributed by atoms with Crippen molar-refractivity contribution in [3.8, 4) is 5.75 Å². The van der Waals surface area contributed by atoms with Gasteiger partial charge >= 0.3 is 0 Å². The van der Waals surface area contributed by atoms with Crippen LogP contribution in [0.25, 0.3) is 5.76 Å². The highest BCUT2D eigenvalue weighted by Gasteiger charge is 2.46. The summed E-state index contributed by atoms with van der Waals surface area (Å²) in [6.07, 6.45) is 3.25. The highest BCUT2D eigenvalue weighted by Crippen LogP contribution is 2.39. The van der Waals surface area contributed by atoms with E-state index >= 15 is 0 Å². The number of Topliss-reactive ketones (excluding diaryl/α,β-unsaturated/α-hetero) is 1. The van der Waals surface area contributed by atoms with E-state index in [9.17, 15) is 14.7 Å². The van der Waals surface area contributed by atoms with Crippen LogP contribution in [0, 0.1) is 0 Å². The van der Waals surface area contributed by atoms with Crippen LogP contribution in [0.1, 0.15) is 37.1 Å². The molecular weight excluding hydrogens is 344 g/mol. The van der Waals surface area contributed by atoms with E-state index in [1.54, 1.807) is 48.7 Å². The van der Waals surface area contributed by atoms with Crippen LogP contribution in [0.4, 0.5) is 0 Å². The van der Waals surface area contributed by atoms with Crippen LogP contribution in [-0.4, -0.2) is 40.3 Å². The van der Waals surface area contributed by atoms with Crippen molar-refractivity contribution in [3.63, 3.8) is 0 Å². The molecule has 27 heavy (non-hydrogen) atoms. The Morgan fingerprint density at radius 2 is 2.04 bits per heavy atom. The van der Waals surface area contributed by atoms with Gasteiger partial charge in [-0.1, -0.05) is 31.5 Å². The molecule has 1 N–H and O–H groups in total. The molecule has 6 heteroatoms. The molecule has 1 aliphatic rings. The molecule has 1 aliphatic heterocycles. The normalized spacial score (nSPS) is 18.7. The van der Waals surface area contributed by atoms with Crippen molar-refractivity contribution < 1.29 is 19.4 Å². The van der Waals surface area contributed by atoms with Gasteiger partial charge in [0.2, 0.25) is 0 Å². The number of unbranched alkanes of at least 4 members (excludes halogenated alkanes) is 1. The van der Waals surface area contributed by atoms with Crippen LogP contribution < -0.4 is 4.74 Å². The number of rotatable bonds is 6. The molecule has 2 heterocycles. The molecule has 1 saturated heterocycles. The van der Waals surface area contributed by atoms with Crippen molar-refractivity contribution in [1.29, 1.82) is 0 Å². The predicted molar refractivity (Wildman–Crippen MR) is 101 cm³/mol. The van der Waals surface area contributed by atoms with E-state index in [4.69, 9.17) is 4.74 Å². The van der Waals surface area contributed by atoms with Gasteiger partial charge in [-0.15, -0.1) is 0 Å². The third kappa shape index (κ3) is 3.56. The molecule has 0 spiro atoms. The van der Waals surface area contributed by atoms with Crippen LogP contribution in [0.2, 0.25) is 0 Å². The molecule has 1 fully saturated rings. The fourth-order valence-corrected chi connectivity index (χ4v) is 3.21. The minimum Gasteiger partial charge on any atom is -0.507 e. The highest BCUT2D eigenvalue weighted by molar-refractivity contribution is 6.46. The summed E-state index contributed by atoms with van der Waals surface area (Å²) in [5, 5.41) is 10.9. The standard InChI is InChI=1S/C21H22N2O4/c1-3-4-12-23-18(16-10-5-6-11-22-16)17(20(25)21(23)26)19(24)14-8-7-9-15(13-14)27-2/h5-11,13,18,24H,3-4,12H2,1-2H3/b19-17-. The fraction of sp³-hybridized carbons (Fsp3) is 0.286. The number of amides is 1. The van der Waals surface area contributed by atoms with Crippen LogP contribution in [0.15, 0.2) is 54.2 Å². The molecule has 1 aromatic heterocycles. The maximum atomic E-state index is 12.8. The number of aliphatic hydroxyl groups is 1. The number of carbonyl (C=O) groups excluding carboxylic acids is 2. The smallest absolute Gasteiger partial charge is 0.295 e. The first-order valence-electron chi connectivity index (χ1n) is 8.92. The van der Waals surface area contributed by atoms with Gasteiger partial charge < -0.3 is 14.7 Å². The predicted octanol–water partition coefficient (Wildman–Crippen LogP) is 3.31. The summed E-state index contributed by atoms with van der Waals surface area (Å²) in [5.41, 5.74) is 1.03. The number of aromatic nitrogens is 1. The Morgan fingerprint density at radius 1 is 1.22 bits per heavy atom. The Morgan fingerprint density at radius 3 is 2.70 bits per heavy atom. The molecule has 1 aromatic carbocycles. The van der Waals surface area contributed by atoms with Crippen LogP contribution in [-0.2, 0) is 9.59 Å². The number of likely N-dealkylation sites (tertiary alicyclic amines) is 1. The van der Waals surface area contributed by atoms with E-state index in [0.29, 0.717) is 23.6 Å². The lowest BCUT2D eigenvalue weighted by Gasteiger charge is -2.24. The number of benzene rings is 1. The Balaban J connectivity index is 2.15. The lowest BCUT2D eigenvalue weighted by molar-refractivity contribution is -0.140. The number of hydrogen-bond acceptors (Lipinski definition) is 5. The minimum atomic E-state index is -0.705. The largest absolute Gasteiger partial charge is 0.507 e. The summed E-state index contributed by atoms with van der Waals surface area (Å²) >= 11 is 0. The monoisotopic (exact) mass is 366 g/mol. The maximum absolute atomic E-state index is 12.8. The molecule has 1 unspecified atom stereocenters. The number of nitrogens with zero attached hydrogens (tertiary/aromatic N) is 2. The van der Waals surface area contributed by atoms with Crippen LogP contribution in [0.5, 0.6) is 5.75 Å². The zero-order valence-electron chi connectivity index (χ0n) is 15.4. The van der Waals surface area contributed by atoms with Crippen molar-refractivity contribution in [3.05, 3.63) is 65.5 Å². The molecule has 0 aliphatic carbocycles. The number of hydrogen-bond donors (Lipinski definition) is 1. The summed E-state index contributed by atoms with van der Waals surface area (Å²) in [4.78, 5) is 31.2.